The third-order valence-corrected chi connectivity index (χ3v) is 2.25. The SMILES string of the molecule is CNC(=O)CNCc1ccc(F)cc1Cl. The Morgan fingerprint density at radius 2 is 2.27 bits per heavy atom. The molecular weight excluding hydrogens is 219 g/mol. The molecule has 0 spiro atoms. The first-order valence-corrected chi connectivity index (χ1v) is 4.86. The van der Waals surface area contributed by atoms with Gasteiger partial charge in [-0.05, 0) is 17.7 Å². The highest BCUT2D eigenvalue weighted by molar-refractivity contribution is 6.31. The van der Waals surface area contributed by atoms with Crippen LogP contribution in [0.25, 0.3) is 0 Å². The van der Waals surface area contributed by atoms with Crippen molar-refractivity contribution in [3.8, 4) is 0 Å². The van der Waals surface area contributed by atoms with Gasteiger partial charge in [-0.1, -0.05) is 17.7 Å². The molecule has 0 aliphatic carbocycles. The van der Waals surface area contributed by atoms with Gasteiger partial charge in [0.05, 0.1) is 6.54 Å². The van der Waals surface area contributed by atoms with E-state index in [4.69, 9.17) is 11.6 Å². The standard InChI is InChI=1S/C10H12ClFN2O/c1-13-10(15)6-14-5-7-2-3-8(12)4-9(7)11/h2-4,14H,5-6H2,1H3,(H,13,15). The van der Waals surface area contributed by atoms with Crippen molar-refractivity contribution in [2.75, 3.05) is 13.6 Å². The van der Waals surface area contributed by atoms with Crippen LogP contribution < -0.4 is 10.6 Å². The fourth-order valence-electron chi connectivity index (χ4n) is 1.06. The van der Waals surface area contributed by atoms with Crippen LogP contribution in [0.4, 0.5) is 4.39 Å². The molecule has 1 aromatic carbocycles. The number of amides is 1. The van der Waals surface area contributed by atoms with E-state index in [1.54, 1.807) is 13.1 Å². The Balaban J connectivity index is 2.47. The second kappa shape index (κ2) is 5.68. The minimum Gasteiger partial charge on any atom is -0.358 e. The summed E-state index contributed by atoms with van der Waals surface area (Å²) in [7, 11) is 1.56. The fraction of sp³-hybridized carbons (Fsp3) is 0.300. The lowest BCUT2D eigenvalue weighted by Gasteiger charge is -2.05. The van der Waals surface area contributed by atoms with Crippen molar-refractivity contribution in [1.82, 2.24) is 10.6 Å². The van der Waals surface area contributed by atoms with E-state index in [9.17, 15) is 9.18 Å². The summed E-state index contributed by atoms with van der Waals surface area (Å²) in [6.45, 7) is 0.650. The molecule has 0 aromatic heterocycles. The fourth-order valence-corrected chi connectivity index (χ4v) is 1.30. The van der Waals surface area contributed by atoms with Crippen molar-refractivity contribution in [3.05, 3.63) is 34.6 Å². The molecule has 0 aliphatic rings. The molecule has 0 saturated carbocycles. The van der Waals surface area contributed by atoms with Gasteiger partial charge in [-0.25, -0.2) is 4.39 Å². The smallest absolute Gasteiger partial charge is 0.233 e. The third kappa shape index (κ3) is 3.85. The number of hydrogen-bond acceptors (Lipinski definition) is 2. The van der Waals surface area contributed by atoms with Crippen molar-refractivity contribution in [2.24, 2.45) is 0 Å². The zero-order chi connectivity index (χ0) is 11.3. The lowest BCUT2D eigenvalue weighted by Crippen LogP contribution is -2.31. The maximum atomic E-state index is 12.7. The maximum Gasteiger partial charge on any atom is 0.233 e. The molecule has 3 nitrogen and oxygen atoms in total. The van der Waals surface area contributed by atoms with Crippen LogP contribution in [0.2, 0.25) is 5.02 Å². The first kappa shape index (κ1) is 11.9. The molecule has 5 heteroatoms. The molecule has 82 valence electrons. The summed E-state index contributed by atoms with van der Waals surface area (Å²) in [4.78, 5) is 10.9. The van der Waals surface area contributed by atoms with Gasteiger partial charge in [0.1, 0.15) is 5.82 Å². The molecule has 2 N–H and O–H groups in total. The van der Waals surface area contributed by atoms with Gasteiger partial charge >= 0.3 is 0 Å². The molecule has 1 aromatic rings. The summed E-state index contributed by atoms with van der Waals surface area (Å²) >= 11 is 5.80. The van der Waals surface area contributed by atoms with Crippen LogP contribution in [-0.4, -0.2) is 19.5 Å². The van der Waals surface area contributed by atoms with Gasteiger partial charge in [0.2, 0.25) is 5.91 Å². The van der Waals surface area contributed by atoms with Gasteiger partial charge in [0, 0.05) is 18.6 Å². The maximum absolute atomic E-state index is 12.7. The summed E-state index contributed by atoms with van der Waals surface area (Å²) < 4.78 is 12.7. The predicted molar refractivity (Wildman–Crippen MR) is 57.2 cm³/mol. The van der Waals surface area contributed by atoms with Crippen LogP contribution in [0.15, 0.2) is 18.2 Å². The van der Waals surface area contributed by atoms with Crippen molar-refractivity contribution in [1.29, 1.82) is 0 Å². The number of likely N-dealkylation sites (N-methyl/N-ethyl adjacent to an activating group) is 1. The Morgan fingerprint density at radius 1 is 1.53 bits per heavy atom. The Bertz CT molecular complexity index is 357. The Kier molecular flexibility index (Phi) is 4.52. The molecule has 0 unspecified atom stereocenters. The number of hydrogen-bond donors (Lipinski definition) is 2. The molecule has 0 heterocycles. The monoisotopic (exact) mass is 230 g/mol. The largest absolute Gasteiger partial charge is 0.358 e. The third-order valence-electron chi connectivity index (χ3n) is 1.89. The van der Waals surface area contributed by atoms with Crippen molar-refractivity contribution >= 4 is 17.5 Å². The van der Waals surface area contributed by atoms with Gasteiger partial charge in [-0.3, -0.25) is 4.79 Å². The molecular formula is C10H12ClFN2O. The lowest BCUT2D eigenvalue weighted by molar-refractivity contribution is -0.119. The molecule has 0 aliphatic heterocycles. The molecule has 1 amide bonds. The number of carbonyl (C=O) groups is 1. The highest BCUT2D eigenvalue weighted by Gasteiger charge is 2.02. The van der Waals surface area contributed by atoms with Crippen LogP contribution in [0.5, 0.6) is 0 Å². The van der Waals surface area contributed by atoms with Crippen molar-refractivity contribution < 1.29 is 9.18 Å². The number of rotatable bonds is 4. The number of halogens is 2. The van der Waals surface area contributed by atoms with Gasteiger partial charge in [-0.15, -0.1) is 0 Å². The molecule has 1 rings (SSSR count). The Hall–Kier alpha value is -1.13. The summed E-state index contributed by atoms with van der Waals surface area (Å²) in [6.07, 6.45) is 0. The van der Waals surface area contributed by atoms with Gasteiger partial charge in [0.15, 0.2) is 0 Å². The van der Waals surface area contributed by atoms with Crippen LogP contribution in [-0.2, 0) is 11.3 Å². The second-order valence-electron chi connectivity index (χ2n) is 3.01. The minimum absolute atomic E-state index is 0.103. The molecule has 0 bridgehead atoms. The Labute approximate surface area is 92.6 Å². The summed E-state index contributed by atoms with van der Waals surface area (Å²) in [5, 5.41) is 5.73. The van der Waals surface area contributed by atoms with Crippen LogP contribution in [0.3, 0.4) is 0 Å². The van der Waals surface area contributed by atoms with Gasteiger partial charge < -0.3 is 10.6 Å². The molecule has 0 radical (unpaired) electrons. The highest BCUT2D eigenvalue weighted by atomic mass is 35.5. The van der Waals surface area contributed by atoms with Crippen LogP contribution >= 0.6 is 11.6 Å². The first-order valence-electron chi connectivity index (χ1n) is 4.48. The minimum atomic E-state index is -0.366. The van der Waals surface area contributed by atoms with E-state index in [0.717, 1.165) is 5.56 Å². The second-order valence-corrected chi connectivity index (χ2v) is 3.42. The van der Waals surface area contributed by atoms with E-state index < -0.39 is 0 Å². The normalized spacial score (nSPS) is 10.1. The van der Waals surface area contributed by atoms with Crippen LogP contribution in [0, 0.1) is 5.82 Å². The van der Waals surface area contributed by atoms with Crippen molar-refractivity contribution in [2.45, 2.75) is 6.54 Å². The lowest BCUT2D eigenvalue weighted by atomic mass is 10.2. The van der Waals surface area contributed by atoms with Crippen molar-refractivity contribution in [3.63, 3.8) is 0 Å². The topological polar surface area (TPSA) is 41.1 Å². The van der Waals surface area contributed by atoms with E-state index in [1.807, 2.05) is 0 Å². The average molecular weight is 231 g/mol. The first-order chi connectivity index (χ1) is 7.13. The van der Waals surface area contributed by atoms with E-state index in [2.05, 4.69) is 10.6 Å². The molecule has 0 saturated heterocycles. The van der Waals surface area contributed by atoms with Gasteiger partial charge in [-0.2, -0.15) is 0 Å². The zero-order valence-electron chi connectivity index (χ0n) is 8.31. The number of carbonyl (C=O) groups excluding carboxylic acids is 1. The quantitative estimate of drug-likeness (QED) is 0.819. The molecule has 0 atom stereocenters. The van der Waals surface area contributed by atoms with E-state index in [0.29, 0.717) is 11.6 Å². The average Bonchev–Trinajstić information content (AvgIpc) is 2.21. The predicted octanol–water partition coefficient (Wildman–Crippen LogP) is 1.31. The van der Waals surface area contributed by atoms with Crippen LogP contribution in [0.1, 0.15) is 5.56 Å². The van der Waals surface area contributed by atoms with E-state index >= 15 is 0 Å². The molecule has 15 heavy (non-hydrogen) atoms. The van der Waals surface area contributed by atoms with E-state index in [-0.39, 0.29) is 18.3 Å². The highest BCUT2D eigenvalue weighted by Crippen LogP contribution is 2.16. The van der Waals surface area contributed by atoms with Gasteiger partial charge in [0.25, 0.3) is 0 Å². The number of benzene rings is 1. The summed E-state index contributed by atoms with van der Waals surface area (Å²) in [5.41, 5.74) is 0.766. The summed E-state index contributed by atoms with van der Waals surface area (Å²) in [6, 6.07) is 4.18. The number of nitrogens with one attached hydrogen (secondary N) is 2. The van der Waals surface area contributed by atoms with E-state index in [1.165, 1.54) is 12.1 Å². The zero-order valence-corrected chi connectivity index (χ0v) is 9.07. The molecule has 0 fully saturated rings. The summed E-state index contributed by atoms with van der Waals surface area (Å²) in [5.74, 6) is -0.469. The Morgan fingerprint density at radius 3 is 2.87 bits per heavy atom.